The zero-order chi connectivity index (χ0) is 14.9. The smallest absolute Gasteiger partial charge is 0.246 e. The van der Waals surface area contributed by atoms with Crippen LogP contribution in [0.5, 0.6) is 0 Å². The van der Waals surface area contributed by atoms with Crippen molar-refractivity contribution in [2.75, 3.05) is 6.54 Å². The van der Waals surface area contributed by atoms with Crippen LogP contribution in [0, 0.1) is 12.3 Å². The second-order valence-corrected chi connectivity index (χ2v) is 6.31. The zero-order valence-electron chi connectivity index (χ0n) is 12.4. The van der Waals surface area contributed by atoms with Crippen LogP contribution in [-0.4, -0.2) is 34.5 Å². The Morgan fingerprint density at radius 1 is 1.45 bits per heavy atom. The highest BCUT2D eigenvalue weighted by molar-refractivity contribution is 5.90. The predicted octanol–water partition coefficient (Wildman–Crippen LogP) is 1.25. The van der Waals surface area contributed by atoms with E-state index < -0.39 is 6.04 Å². The van der Waals surface area contributed by atoms with Crippen molar-refractivity contribution >= 4 is 11.8 Å². The largest absolute Gasteiger partial charge is 0.361 e. The summed E-state index contributed by atoms with van der Waals surface area (Å²) in [5.74, 6) is 0.560. The molecule has 0 aromatic carbocycles. The quantitative estimate of drug-likeness (QED) is 0.884. The Labute approximate surface area is 118 Å². The van der Waals surface area contributed by atoms with Gasteiger partial charge >= 0.3 is 0 Å². The van der Waals surface area contributed by atoms with Crippen LogP contribution in [0.25, 0.3) is 0 Å². The molecular weight excluding hydrogens is 258 g/mol. The Balaban J connectivity index is 2.19. The number of carbonyl (C=O) groups is 2. The number of amides is 2. The molecule has 1 aliphatic heterocycles. The molecule has 1 fully saturated rings. The first-order valence-electron chi connectivity index (χ1n) is 6.78. The number of nitrogens with zero attached hydrogens (tertiary/aromatic N) is 2. The minimum atomic E-state index is -0.509. The van der Waals surface area contributed by atoms with Crippen molar-refractivity contribution in [2.45, 2.75) is 46.7 Å². The molecule has 0 spiro atoms. The molecule has 1 unspecified atom stereocenters. The number of hydrogen-bond acceptors (Lipinski definition) is 4. The molecule has 0 saturated carbocycles. The van der Waals surface area contributed by atoms with Crippen molar-refractivity contribution in [1.82, 2.24) is 15.4 Å². The molecule has 110 valence electrons. The van der Waals surface area contributed by atoms with Crippen LogP contribution < -0.4 is 5.32 Å². The van der Waals surface area contributed by atoms with Gasteiger partial charge in [0.05, 0.1) is 6.54 Å². The number of nitrogens with one attached hydrogen (secondary N) is 1. The van der Waals surface area contributed by atoms with Gasteiger partial charge in [-0.05, 0) is 12.3 Å². The fraction of sp³-hybridized carbons (Fsp3) is 0.643. The van der Waals surface area contributed by atoms with Gasteiger partial charge in [0.2, 0.25) is 11.8 Å². The Morgan fingerprint density at radius 3 is 2.70 bits per heavy atom. The van der Waals surface area contributed by atoms with Crippen LogP contribution in [0.2, 0.25) is 0 Å². The minimum Gasteiger partial charge on any atom is -0.361 e. The Kier molecular flexibility index (Phi) is 3.83. The third kappa shape index (κ3) is 3.18. The van der Waals surface area contributed by atoms with E-state index in [1.807, 2.05) is 27.7 Å². The maximum absolute atomic E-state index is 12.6. The van der Waals surface area contributed by atoms with Crippen LogP contribution in [0.4, 0.5) is 0 Å². The summed E-state index contributed by atoms with van der Waals surface area (Å²) in [5, 5.41) is 6.72. The van der Waals surface area contributed by atoms with Gasteiger partial charge < -0.3 is 14.7 Å². The van der Waals surface area contributed by atoms with E-state index in [2.05, 4.69) is 10.5 Å². The summed E-state index contributed by atoms with van der Waals surface area (Å²) in [5.41, 5.74) is 0.382. The van der Waals surface area contributed by atoms with E-state index in [0.29, 0.717) is 31.0 Å². The Bertz CT molecular complexity index is 516. The monoisotopic (exact) mass is 279 g/mol. The van der Waals surface area contributed by atoms with Crippen LogP contribution in [0.3, 0.4) is 0 Å². The number of aromatic nitrogens is 1. The van der Waals surface area contributed by atoms with E-state index in [1.54, 1.807) is 11.0 Å². The second kappa shape index (κ2) is 5.26. The molecule has 1 atom stereocenters. The van der Waals surface area contributed by atoms with Crippen LogP contribution in [0.15, 0.2) is 10.6 Å². The Morgan fingerprint density at radius 2 is 2.15 bits per heavy atom. The van der Waals surface area contributed by atoms with E-state index in [9.17, 15) is 9.59 Å². The minimum absolute atomic E-state index is 0.0657. The van der Waals surface area contributed by atoms with Crippen LogP contribution >= 0.6 is 0 Å². The van der Waals surface area contributed by atoms with Gasteiger partial charge in [0.15, 0.2) is 0 Å². The molecule has 1 saturated heterocycles. The molecule has 2 heterocycles. The average Bonchev–Trinajstić information content (AvgIpc) is 2.68. The van der Waals surface area contributed by atoms with Crippen LogP contribution in [-0.2, 0) is 16.1 Å². The van der Waals surface area contributed by atoms with E-state index in [-0.39, 0.29) is 17.2 Å². The molecule has 0 bridgehead atoms. The summed E-state index contributed by atoms with van der Waals surface area (Å²) in [4.78, 5) is 26.0. The third-order valence-corrected chi connectivity index (χ3v) is 3.37. The normalized spacial score (nSPS) is 20.8. The number of hydrogen-bond donors (Lipinski definition) is 1. The highest BCUT2D eigenvalue weighted by atomic mass is 16.5. The van der Waals surface area contributed by atoms with E-state index in [0.717, 1.165) is 0 Å². The van der Waals surface area contributed by atoms with E-state index >= 15 is 0 Å². The van der Waals surface area contributed by atoms with Gasteiger partial charge in [-0.25, -0.2) is 0 Å². The molecule has 0 aliphatic carbocycles. The second-order valence-electron chi connectivity index (χ2n) is 6.31. The van der Waals surface area contributed by atoms with Gasteiger partial charge in [0.25, 0.3) is 0 Å². The van der Waals surface area contributed by atoms with Crippen molar-refractivity contribution in [3.05, 3.63) is 17.5 Å². The summed E-state index contributed by atoms with van der Waals surface area (Å²) in [7, 11) is 0. The van der Waals surface area contributed by atoms with Crippen molar-refractivity contribution < 1.29 is 14.1 Å². The van der Waals surface area contributed by atoms with Crippen LogP contribution in [0.1, 0.15) is 38.6 Å². The SMILES string of the molecule is Cc1cc(CN2CCC(=O)NC(C(C)(C)C)C2=O)no1. The molecule has 2 amide bonds. The molecule has 1 aromatic heterocycles. The molecule has 1 N–H and O–H groups in total. The fourth-order valence-corrected chi connectivity index (χ4v) is 2.26. The average molecular weight is 279 g/mol. The highest BCUT2D eigenvalue weighted by Crippen LogP contribution is 2.23. The van der Waals surface area contributed by atoms with Gasteiger partial charge in [-0.15, -0.1) is 0 Å². The summed E-state index contributed by atoms with van der Waals surface area (Å²) in [6.45, 7) is 8.42. The molecule has 1 aliphatic rings. The van der Waals surface area contributed by atoms with Crippen molar-refractivity contribution in [3.8, 4) is 0 Å². The topological polar surface area (TPSA) is 75.4 Å². The first-order valence-corrected chi connectivity index (χ1v) is 6.78. The number of rotatable bonds is 2. The maximum Gasteiger partial charge on any atom is 0.246 e. The third-order valence-electron chi connectivity index (χ3n) is 3.37. The lowest BCUT2D eigenvalue weighted by atomic mass is 9.86. The first-order chi connectivity index (χ1) is 9.27. The van der Waals surface area contributed by atoms with Gasteiger partial charge in [-0.1, -0.05) is 25.9 Å². The summed E-state index contributed by atoms with van der Waals surface area (Å²) >= 11 is 0. The fourth-order valence-electron chi connectivity index (χ4n) is 2.26. The standard InChI is InChI=1S/C14H21N3O3/c1-9-7-10(16-20-9)8-17-6-5-11(18)15-12(13(17)19)14(2,3)4/h7,12H,5-6,8H2,1-4H3,(H,15,18). The Hall–Kier alpha value is -1.85. The maximum atomic E-state index is 12.6. The molecule has 6 heteroatoms. The molecular formula is C14H21N3O3. The van der Waals surface area contributed by atoms with Gasteiger partial charge in [-0.2, -0.15) is 0 Å². The lowest BCUT2D eigenvalue weighted by molar-refractivity contribution is -0.137. The van der Waals surface area contributed by atoms with Crippen molar-refractivity contribution in [1.29, 1.82) is 0 Å². The molecule has 20 heavy (non-hydrogen) atoms. The number of aryl methyl sites for hydroxylation is 1. The lowest BCUT2D eigenvalue weighted by Crippen LogP contribution is -2.51. The number of carbonyl (C=O) groups excluding carboxylic acids is 2. The van der Waals surface area contributed by atoms with Gasteiger partial charge in [0, 0.05) is 19.0 Å². The summed E-state index contributed by atoms with van der Waals surface area (Å²) in [6.07, 6.45) is 0.315. The highest BCUT2D eigenvalue weighted by Gasteiger charge is 2.37. The lowest BCUT2D eigenvalue weighted by Gasteiger charge is -2.32. The van der Waals surface area contributed by atoms with E-state index in [1.165, 1.54) is 0 Å². The summed E-state index contributed by atoms with van der Waals surface area (Å²) < 4.78 is 5.02. The van der Waals surface area contributed by atoms with Crippen molar-refractivity contribution in [3.63, 3.8) is 0 Å². The molecule has 2 rings (SSSR count). The van der Waals surface area contributed by atoms with Gasteiger partial charge in [-0.3, -0.25) is 9.59 Å². The predicted molar refractivity (Wildman–Crippen MR) is 72.7 cm³/mol. The molecule has 0 radical (unpaired) electrons. The van der Waals surface area contributed by atoms with Crippen molar-refractivity contribution in [2.24, 2.45) is 5.41 Å². The summed E-state index contributed by atoms with van der Waals surface area (Å²) in [6, 6.07) is 1.30. The zero-order valence-corrected chi connectivity index (χ0v) is 12.4. The van der Waals surface area contributed by atoms with E-state index in [4.69, 9.17) is 4.52 Å². The molecule has 1 aromatic rings. The van der Waals surface area contributed by atoms with Gasteiger partial charge in [0.1, 0.15) is 17.5 Å². The first kappa shape index (κ1) is 14.6. The molecule has 6 nitrogen and oxygen atoms in total.